The summed E-state index contributed by atoms with van der Waals surface area (Å²) >= 11 is 0. The van der Waals surface area contributed by atoms with Crippen LogP contribution >= 0.6 is 0 Å². The van der Waals surface area contributed by atoms with Crippen LogP contribution in [-0.2, 0) is 66.4 Å². The molecular formula is C41H82O14. The highest BCUT2D eigenvalue weighted by atomic mass is 16.6. The van der Waals surface area contributed by atoms with Crippen LogP contribution in [0.3, 0.4) is 0 Å². The third kappa shape index (κ3) is 51.0. The molecule has 0 saturated heterocycles. The fourth-order valence-corrected chi connectivity index (χ4v) is 5.03. The van der Waals surface area contributed by atoms with Gasteiger partial charge in [-0.25, -0.2) is 4.79 Å². The smallest absolute Gasteiger partial charge is 0.331 e. The maximum absolute atomic E-state index is 10.9. The van der Waals surface area contributed by atoms with Crippen LogP contribution in [0.2, 0.25) is 0 Å². The predicted molar refractivity (Wildman–Crippen MR) is 212 cm³/mol. The zero-order valence-corrected chi connectivity index (χ0v) is 35.1. The molecule has 0 saturated carbocycles. The second-order valence-electron chi connectivity index (χ2n) is 13.0. The van der Waals surface area contributed by atoms with Gasteiger partial charge in [0.25, 0.3) is 0 Å². The van der Waals surface area contributed by atoms with Gasteiger partial charge < -0.3 is 61.6 Å². The Morgan fingerprint density at radius 3 is 0.709 bits per heavy atom. The van der Waals surface area contributed by atoms with Crippen molar-refractivity contribution in [2.24, 2.45) is 0 Å². The predicted octanol–water partition coefficient (Wildman–Crippen LogP) is 5.84. The standard InChI is InChI=1S/C41H82O14/c1-3-4-5-6-7-8-9-10-11-12-13-14-15-16-17-44-18-19-45-20-21-46-22-23-47-24-25-48-26-27-49-28-29-50-30-31-51-32-33-52-34-35-53-36-37-54-38-39-55-40-41(42)43-2/h3-40H2,1-2H3. The molecule has 0 radical (unpaired) electrons. The third-order valence-corrected chi connectivity index (χ3v) is 8.18. The lowest BCUT2D eigenvalue weighted by molar-refractivity contribution is -0.146. The normalized spacial score (nSPS) is 11.5. The summed E-state index contributed by atoms with van der Waals surface area (Å²) in [5.74, 6) is -0.406. The number of rotatable bonds is 50. The van der Waals surface area contributed by atoms with Gasteiger partial charge in [-0.2, -0.15) is 0 Å². The lowest BCUT2D eigenvalue weighted by Gasteiger charge is -2.09. The van der Waals surface area contributed by atoms with Crippen LogP contribution in [0.25, 0.3) is 0 Å². The van der Waals surface area contributed by atoms with Crippen LogP contribution in [0.1, 0.15) is 96.8 Å². The van der Waals surface area contributed by atoms with Crippen molar-refractivity contribution in [1.82, 2.24) is 0 Å². The summed E-state index contributed by atoms with van der Waals surface area (Å²) in [5.41, 5.74) is 0. The summed E-state index contributed by atoms with van der Waals surface area (Å²) in [6.45, 7) is 14.1. The molecule has 0 aromatic carbocycles. The summed E-state index contributed by atoms with van der Waals surface area (Å²) in [5, 5.41) is 0. The van der Waals surface area contributed by atoms with Crippen molar-refractivity contribution in [3.63, 3.8) is 0 Å². The lowest BCUT2D eigenvalue weighted by atomic mass is 10.0. The molecule has 0 fully saturated rings. The van der Waals surface area contributed by atoms with E-state index in [2.05, 4.69) is 11.7 Å². The van der Waals surface area contributed by atoms with Crippen LogP contribution in [0.4, 0.5) is 0 Å². The molecule has 0 unspecified atom stereocenters. The second kappa shape index (κ2) is 51.0. The van der Waals surface area contributed by atoms with Crippen molar-refractivity contribution in [2.75, 3.05) is 166 Å². The number of ether oxygens (including phenoxy) is 13. The van der Waals surface area contributed by atoms with E-state index in [1.165, 1.54) is 90.6 Å². The fraction of sp³-hybridized carbons (Fsp3) is 0.976. The Hall–Kier alpha value is -1.01. The summed E-state index contributed by atoms with van der Waals surface area (Å²) in [7, 11) is 1.32. The number of hydrogen-bond acceptors (Lipinski definition) is 14. The van der Waals surface area contributed by atoms with Crippen LogP contribution < -0.4 is 0 Å². The van der Waals surface area contributed by atoms with Crippen molar-refractivity contribution in [1.29, 1.82) is 0 Å². The van der Waals surface area contributed by atoms with Crippen LogP contribution in [0.5, 0.6) is 0 Å². The Labute approximate surface area is 334 Å². The van der Waals surface area contributed by atoms with E-state index >= 15 is 0 Å². The first kappa shape index (κ1) is 54.0. The molecule has 0 aromatic heterocycles. The Morgan fingerprint density at radius 2 is 0.473 bits per heavy atom. The van der Waals surface area contributed by atoms with Gasteiger partial charge in [0.2, 0.25) is 0 Å². The zero-order valence-electron chi connectivity index (χ0n) is 35.1. The number of unbranched alkanes of at least 4 members (excludes halogenated alkanes) is 13. The highest BCUT2D eigenvalue weighted by Crippen LogP contribution is 2.13. The van der Waals surface area contributed by atoms with Crippen molar-refractivity contribution in [2.45, 2.75) is 96.8 Å². The minimum absolute atomic E-state index is 0.0690. The third-order valence-electron chi connectivity index (χ3n) is 8.18. The van der Waals surface area contributed by atoms with E-state index in [0.29, 0.717) is 145 Å². The molecule has 0 rings (SSSR count). The van der Waals surface area contributed by atoms with Crippen LogP contribution in [0, 0.1) is 0 Å². The average Bonchev–Trinajstić information content (AvgIpc) is 3.20. The maximum Gasteiger partial charge on any atom is 0.331 e. The van der Waals surface area contributed by atoms with Crippen molar-refractivity contribution >= 4 is 5.97 Å². The topological polar surface area (TPSA) is 137 Å². The van der Waals surface area contributed by atoms with Gasteiger partial charge in [-0.1, -0.05) is 90.4 Å². The molecule has 0 aliphatic heterocycles. The first-order valence-electron chi connectivity index (χ1n) is 21.3. The quantitative estimate of drug-likeness (QED) is 0.0539. The summed E-state index contributed by atoms with van der Waals surface area (Å²) in [6.07, 6.45) is 19.2. The monoisotopic (exact) mass is 799 g/mol. The van der Waals surface area contributed by atoms with E-state index in [4.69, 9.17) is 56.8 Å². The summed E-state index contributed by atoms with van der Waals surface area (Å²) < 4.78 is 70.0. The van der Waals surface area contributed by atoms with E-state index in [1.807, 2.05) is 0 Å². The van der Waals surface area contributed by atoms with Crippen LogP contribution in [0.15, 0.2) is 0 Å². The van der Waals surface area contributed by atoms with E-state index in [9.17, 15) is 4.79 Å². The molecular weight excluding hydrogens is 716 g/mol. The zero-order chi connectivity index (χ0) is 39.6. The second-order valence-corrected chi connectivity index (χ2v) is 13.0. The van der Waals surface area contributed by atoms with Crippen molar-refractivity contribution in [3.05, 3.63) is 0 Å². The Morgan fingerprint density at radius 1 is 0.273 bits per heavy atom. The molecule has 0 atom stereocenters. The van der Waals surface area contributed by atoms with Gasteiger partial charge in [-0.05, 0) is 6.42 Å². The van der Waals surface area contributed by atoms with Gasteiger partial charge in [0.15, 0.2) is 0 Å². The molecule has 0 heterocycles. The number of methoxy groups -OCH3 is 1. The van der Waals surface area contributed by atoms with E-state index < -0.39 is 5.97 Å². The van der Waals surface area contributed by atoms with Crippen LogP contribution in [-0.4, -0.2) is 172 Å². The molecule has 14 heteroatoms. The minimum atomic E-state index is -0.406. The van der Waals surface area contributed by atoms with E-state index in [-0.39, 0.29) is 6.61 Å². The molecule has 55 heavy (non-hydrogen) atoms. The first-order chi connectivity index (χ1) is 27.3. The van der Waals surface area contributed by atoms with Gasteiger partial charge in [-0.15, -0.1) is 0 Å². The lowest BCUT2D eigenvalue weighted by Crippen LogP contribution is -2.16. The summed E-state index contributed by atoms with van der Waals surface area (Å²) in [4.78, 5) is 10.9. The van der Waals surface area contributed by atoms with E-state index in [0.717, 1.165) is 13.0 Å². The molecule has 0 bridgehead atoms. The van der Waals surface area contributed by atoms with Gasteiger partial charge in [0, 0.05) is 6.61 Å². The Kier molecular flexibility index (Phi) is 50.1. The number of hydrogen-bond donors (Lipinski definition) is 0. The van der Waals surface area contributed by atoms with Crippen molar-refractivity contribution in [3.8, 4) is 0 Å². The largest absolute Gasteiger partial charge is 0.467 e. The molecule has 0 aliphatic carbocycles. The molecule has 0 amide bonds. The van der Waals surface area contributed by atoms with Gasteiger partial charge in [0.1, 0.15) is 6.61 Å². The molecule has 0 N–H and O–H groups in total. The van der Waals surface area contributed by atoms with Gasteiger partial charge in [-0.3, -0.25) is 0 Å². The van der Waals surface area contributed by atoms with Crippen molar-refractivity contribution < 1.29 is 66.4 Å². The highest BCUT2D eigenvalue weighted by Gasteiger charge is 2.00. The SMILES string of the molecule is CCCCCCCCCCCCCCCCOCCOCCOCCOCCOCCOCCOCCOCCOCCOCCOCCOCC(=O)OC. The molecule has 0 aromatic rings. The van der Waals surface area contributed by atoms with Gasteiger partial charge >= 0.3 is 5.97 Å². The molecule has 0 aliphatic rings. The van der Waals surface area contributed by atoms with Gasteiger partial charge in [0.05, 0.1) is 152 Å². The highest BCUT2D eigenvalue weighted by molar-refractivity contribution is 5.70. The molecule has 0 spiro atoms. The average molecular weight is 799 g/mol. The number of esters is 1. The summed E-state index contributed by atoms with van der Waals surface area (Å²) in [6, 6.07) is 0. The number of carbonyl (C=O) groups is 1. The Bertz CT molecular complexity index is 706. The number of carbonyl (C=O) groups excluding carboxylic acids is 1. The maximum atomic E-state index is 10.9. The Balaban J connectivity index is 3.06. The van der Waals surface area contributed by atoms with E-state index in [1.54, 1.807) is 0 Å². The first-order valence-corrected chi connectivity index (χ1v) is 21.3. The fourth-order valence-electron chi connectivity index (χ4n) is 5.03. The minimum Gasteiger partial charge on any atom is -0.467 e. The molecule has 330 valence electrons. The molecule has 14 nitrogen and oxygen atoms in total.